The molecule has 4 nitrogen and oxygen atoms in total. The monoisotopic (exact) mass is 348 g/mol. The van der Waals surface area contributed by atoms with Crippen LogP contribution in [0.2, 0.25) is 0 Å². The minimum absolute atomic E-state index is 0.0761. The van der Waals surface area contributed by atoms with Crippen LogP contribution in [-0.2, 0) is 9.47 Å². The second-order valence-corrected chi connectivity index (χ2v) is 10.6. The van der Waals surface area contributed by atoms with Crippen LogP contribution in [-0.4, -0.2) is 34.5 Å². The van der Waals surface area contributed by atoms with E-state index < -0.39 is 5.79 Å². The van der Waals surface area contributed by atoms with Gasteiger partial charge in [-0.15, -0.1) is 0 Å². The second-order valence-electron chi connectivity index (χ2n) is 10.6. The maximum absolute atomic E-state index is 10.8. The van der Waals surface area contributed by atoms with Gasteiger partial charge in [0.25, 0.3) is 0 Å². The van der Waals surface area contributed by atoms with E-state index in [1.807, 2.05) is 6.92 Å². The number of fused-ring (bicyclic) bond motifs is 6. The zero-order valence-corrected chi connectivity index (χ0v) is 15.5. The van der Waals surface area contributed by atoms with E-state index in [1.165, 1.54) is 19.3 Å². The molecule has 11 atom stereocenters. The zero-order valence-electron chi connectivity index (χ0n) is 15.5. The molecule has 2 saturated heterocycles. The van der Waals surface area contributed by atoms with E-state index in [0.29, 0.717) is 29.3 Å². The summed E-state index contributed by atoms with van der Waals surface area (Å²) in [5.41, 5.74) is 0.389. The van der Waals surface area contributed by atoms with Gasteiger partial charge in [-0.2, -0.15) is 0 Å². The molecule has 140 valence electrons. The summed E-state index contributed by atoms with van der Waals surface area (Å²) in [5, 5.41) is 21.0. The van der Waals surface area contributed by atoms with Gasteiger partial charge in [-0.3, -0.25) is 0 Å². The van der Waals surface area contributed by atoms with Crippen LogP contribution in [0.3, 0.4) is 0 Å². The van der Waals surface area contributed by atoms with Crippen molar-refractivity contribution in [3.8, 4) is 0 Å². The highest BCUT2D eigenvalue weighted by atomic mass is 16.8. The minimum Gasteiger partial charge on any atom is -0.393 e. The minimum atomic E-state index is -1.01. The predicted octanol–water partition coefficient (Wildman–Crippen LogP) is 3.06. The van der Waals surface area contributed by atoms with Crippen molar-refractivity contribution < 1.29 is 19.7 Å². The third kappa shape index (κ3) is 1.70. The Morgan fingerprint density at radius 1 is 1.04 bits per heavy atom. The van der Waals surface area contributed by atoms with Gasteiger partial charge < -0.3 is 19.7 Å². The van der Waals surface area contributed by atoms with Crippen molar-refractivity contribution >= 4 is 0 Å². The third-order valence-electron chi connectivity index (χ3n) is 9.88. The van der Waals surface area contributed by atoms with Crippen LogP contribution in [0.1, 0.15) is 65.2 Å². The number of ether oxygens (including phenoxy) is 2. The van der Waals surface area contributed by atoms with E-state index in [9.17, 15) is 10.2 Å². The molecule has 4 aliphatic carbocycles. The molecule has 0 aromatic rings. The Labute approximate surface area is 150 Å². The Kier molecular flexibility index (Phi) is 2.93. The van der Waals surface area contributed by atoms with Crippen molar-refractivity contribution in [3.63, 3.8) is 0 Å². The molecule has 6 fully saturated rings. The smallest absolute Gasteiger partial charge is 0.169 e. The zero-order chi connectivity index (χ0) is 17.2. The van der Waals surface area contributed by atoms with Crippen molar-refractivity contribution in [1.29, 1.82) is 0 Å². The summed E-state index contributed by atoms with van der Waals surface area (Å²) >= 11 is 0. The lowest BCUT2D eigenvalue weighted by Gasteiger charge is -2.60. The normalized spacial score (nSPS) is 67.7. The molecule has 4 heteroatoms. The van der Waals surface area contributed by atoms with Crippen molar-refractivity contribution in [3.05, 3.63) is 0 Å². The number of hydrogen-bond donors (Lipinski definition) is 2. The Morgan fingerprint density at radius 2 is 1.88 bits per heavy atom. The summed E-state index contributed by atoms with van der Waals surface area (Å²) in [4.78, 5) is 0. The van der Waals surface area contributed by atoms with Crippen LogP contribution in [0.15, 0.2) is 0 Å². The summed E-state index contributed by atoms with van der Waals surface area (Å²) < 4.78 is 12.7. The molecule has 0 aromatic heterocycles. The lowest BCUT2D eigenvalue weighted by molar-refractivity contribution is -0.262. The van der Waals surface area contributed by atoms with E-state index in [0.717, 1.165) is 38.0 Å². The predicted molar refractivity (Wildman–Crippen MR) is 91.3 cm³/mol. The fourth-order valence-electron chi connectivity index (χ4n) is 9.08. The van der Waals surface area contributed by atoms with Crippen molar-refractivity contribution in [1.82, 2.24) is 0 Å². The first-order chi connectivity index (χ1) is 11.9. The third-order valence-corrected chi connectivity index (χ3v) is 9.88. The maximum atomic E-state index is 10.8. The topological polar surface area (TPSA) is 58.9 Å². The number of hydrogen-bond acceptors (Lipinski definition) is 4. The summed E-state index contributed by atoms with van der Waals surface area (Å²) in [7, 11) is 0. The molecule has 4 saturated carbocycles. The fraction of sp³-hybridized carbons (Fsp3) is 1.00. The quantitative estimate of drug-likeness (QED) is 0.706. The molecule has 1 unspecified atom stereocenters. The van der Waals surface area contributed by atoms with Gasteiger partial charge in [0.05, 0.1) is 12.2 Å². The van der Waals surface area contributed by atoms with Crippen molar-refractivity contribution in [2.24, 2.45) is 40.4 Å². The molecule has 0 radical (unpaired) electrons. The molecule has 25 heavy (non-hydrogen) atoms. The van der Waals surface area contributed by atoms with Gasteiger partial charge in [0.2, 0.25) is 0 Å². The standard InChI is InChI=1S/C21H32O4/c1-19-8-7-12(22)9-11(19)3-4-13-14-5-6-16-20(2,23)25-18-21(14,16)10-15(24-18)17(13)19/h11-18,22-23H,3-10H2,1-2H3/t11-,12-,13-,14-,15+,16+,17+,18?,19-,20+,21+/m0/s1. The van der Waals surface area contributed by atoms with Gasteiger partial charge in [0.1, 0.15) is 0 Å². The van der Waals surface area contributed by atoms with Gasteiger partial charge >= 0.3 is 0 Å². The molecule has 1 spiro atoms. The molecule has 0 amide bonds. The molecular formula is C21H32O4. The lowest BCUT2D eigenvalue weighted by atomic mass is 9.44. The summed E-state index contributed by atoms with van der Waals surface area (Å²) in [6.45, 7) is 4.36. The lowest BCUT2D eigenvalue weighted by Crippen LogP contribution is -2.57. The van der Waals surface area contributed by atoms with Gasteiger partial charge in [-0.1, -0.05) is 6.92 Å². The van der Waals surface area contributed by atoms with Crippen LogP contribution < -0.4 is 0 Å². The van der Waals surface area contributed by atoms with Crippen LogP contribution in [0.4, 0.5) is 0 Å². The Morgan fingerprint density at radius 3 is 2.72 bits per heavy atom. The summed E-state index contributed by atoms with van der Waals surface area (Å²) in [5.74, 6) is 1.89. The highest BCUT2D eigenvalue weighted by Crippen LogP contribution is 2.75. The molecule has 6 aliphatic rings. The Hall–Kier alpha value is -0.160. The fourth-order valence-corrected chi connectivity index (χ4v) is 9.08. The first-order valence-electron chi connectivity index (χ1n) is 10.6. The molecule has 0 aromatic carbocycles. The van der Waals surface area contributed by atoms with Crippen molar-refractivity contribution in [2.75, 3.05) is 0 Å². The van der Waals surface area contributed by atoms with Crippen LogP contribution in [0, 0.1) is 40.4 Å². The van der Waals surface area contributed by atoms with Gasteiger partial charge in [-0.25, -0.2) is 0 Å². The second kappa shape index (κ2) is 4.63. The van der Waals surface area contributed by atoms with E-state index in [2.05, 4.69) is 6.92 Å². The van der Waals surface area contributed by atoms with Gasteiger partial charge in [-0.05, 0) is 87.4 Å². The molecule has 6 rings (SSSR count). The van der Waals surface area contributed by atoms with E-state index >= 15 is 0 Å². The van der Waals surface area contributed by atoms with Crippen LogP contribution in [0.25, 0.3) is 0 Å². The van der Waals surface area contributed by atoms with E-state index in [-0.39, 0.29) is 23.7 Å². The Bertz CT molecular complexity index is 605. The highest BCUT2D eigenvalue weighted by molar-refractivity contribution is 5.20. The summed E-state index contributed by atoms with van der Waals surface area (Å²) in [6, 6.07) is 0. The van der Waals surface area contributed by atoms with Gasteiger partial charge in [0, 0.05) is 11.3 Å². The molecule has 2 N–H and O–H groups in total. The number of aliphatic hydroxyl groups is 2. The van der Waals surface area contributed by atoms with Gasteiger partial charge in [0.15, 0.2) is 12.1 Å². The average molecular weight is 348 g/mol. The SMILES string of the molecule is C[C@]12CC[C@H](O)C[C@@H]1CC[C@@H]1[C@@H]2[C@H]2C[C@]34C(O2)O[C@@](C)(O)[C@H]3CC[C@@H]14. The molecule has 2 bridgehead atoms. The highest BCUT2D eigenvalue weighted by Gasteiger charge is 2.77. The first-order valence-corrected chi connectivity index (χ1v) is 10.6. The van der Waals surface area contributed by atoms with E-state index in [4.69, 9.17) is 9.47 Å². The summed E-state index contributed by atoms with van der Waals surface area (Å²) in [6.07, 6.45) is 9.07. The average Bonchev–Trinajstić information content (AvgIpc) is 3.13. The maximum Gasteiger partial charge on any atom is 0.169 e. The molecular weight excluding hydrogens is 316 g/mol. The van der Waals surface area contributed by atoms with Crippen molar-refractivity contribution in [2.45, 2.75) is 89.5 Å². The largest absolute Gasteiger partial charge is 0.393 e. The molecule has 2 heterocycles. The number of rotatable bonds is 0. The Balaban J connectivity index is 1.41. The number of aliphatic hydroxyl groups excluding tert-OH is 1. The van der Waals surface area contributed by atoms with Crippen LogP contribution >= 0.6 is 0 Å². The molecule has 2 aliphatic heterocycles. The first kappa shape index (κ1) is 15.9. The van der Waals surface area contributed by atoms with Crippen LogP contribution in [0.5, 0.6) is 0 Å². The van der Waals surface area contributed by atoms with E-state index in [1.54, 1.807) is 0 Å².